The van der Waals surface area contributed by atoms with Crippen LogP contribution < -0.4 is 0 Å². The van der Waals surface area contributed by atoms with E-state index in [4.69, 9.17) is 5.11 Å². The van der Waals surface area contributed by atoms with Crippen molar-refractivity contribution in [3.8, 4) is 0 Å². The molecule has 1 N–H and O–H groups in total. The number of allylic oxidation sites excluding steroid dienone is 2. The van der Waals surface area contributed by atoms with Crippen molar-refractivity contribution in [2.75, 3.05) is 0 Å². The van der Waals surface area contributed by atoms with E-state index in [9.17, 15) is 0 Å². The van der Waals surface area contributed by atoms with Gasteiger partial charge in [0.1, 0.15) is 0 Å². The van der Waals surface area contributed by atoms with Crippen LogP contribution in [0.4, 0.5) is 0 Å². The minimum Gasteiger partial charge on any atom is -0.513 e. The van der Waals surface area contributed by atoms with Crippen molar-refractivity contribution in [2.24, 2.45) is 0 Å². The number of hydrogen-bond donors (Lipinski definition) is 1. The van der Waals surface area contributed by atoms with Crippen LogP contribution in [0.2, 0.25) is 0 Å². The average Bonchev–Trinajstić information content (AvgIpc) is 1.69. The Morgan fingerprint density at radius 1 is 1.38 bits per heavy atom. The normalized spacial score (nSPS) is 18.8. The van der Waals surface area contributed by atoms with Crippen molar-refractivity contribution in [1.82, 2.24) is 0 Å². The smallest absolute Gasteiger partial charge is 0.0882 e. The van der Waals surface area contributed by atoms with Crippen LogP contribution in [0, 0.1) is 0 Å². The fourth-order valence-electron chi connectivity index (χ4n) is 0.821. The fourth-order valence-corrected chi connectivity index (χ4v) is 0.821. The first-order chi connectivity index (χ1) is 3.39. The summed E-state index contributed by atoms with van der Waals surface area (Å²) in [7, 11) is 0. The molecule has 0 aliphatic heterocycles. The van der Waals surface area contributed by atoms with Gasteiger partial charge in [0.15, 0.2) is 0 Å². The summed E-state index contributed by atoms with van der Waals surface area (Å²) in [6, 6.07) is 0. The van der Waals surface area contributed by atoms with Gasteiger partial charge in [-0.1, -0.05) is 0 Å². The summed E-state index contributed by atoms with van der Waals surface area (Å²) in [4.78, 5) is 0. The van der Waals surface area contributed by atoms with Crippen molar-refractivity contribution in [2.45, 2.75) is 25.7 Å². The van der Waals surface area contributed by atoms with Crippen LogP contribution in [0.1, 0.15) is 25.7 Å². The zero-order valence-corrected chi connectivity index (χ0v) is 5.35. The average molecular weight is 105 g/mol. The van der Waals surface area contributed by atoms with E-state index in [1.807, 2.05) is 6.08 Å². The molecule has 0 fully saturated rings. The van der Waals surface area contributed by atoms with Crippen LogP contribution in [0.25, 0.3) is 0 Å². The van der Waals surface area contributed by atoms with Crippen LogP contribution in [0.5, 0.6) is 0 Å². The number of aliphatic hydroxyl groups is 1. The second-order valence-corrected chi connectivity index (χ2v) is 1.94. The molecule has 1 nitrogen and oxygen atoms in total. The molecule has 0 bridgehead atoms. The van der Waals surface area contributed by atoms with Gasteiger partial charge in [0.2, 0.25) is 0 Å². The Morgan fingerprint density at radius 2 is 2.12 bits per heavy atom. The Bertz CT molecular complexity index is 88.5. The Hall–Kier alpha value is 0.137. The molecule has 1 aliphatic rings. The molecule has 0 heterocycles. The monoisotopic (exact) mass is 105 g/mol. The van der Waals surface area contributed by atoms with Crippen LogP contribution in [0.15, 0.2) is 11.8 Å². The summed E-state index contributed by atoms with van der Waals surface area (Å²) in [5.74, 6) is 0.589. The van der Waals surface area contributed by atoms with Crippen molar-refractivity contribution in [3.05, 3.63) is 11.8 Å². The van der Waals surface area contributed by atoms with Crippen LogP contribution in [-0.4, -0.2) is 24.0 Å². The zero-order chi connectivity index (χ0) is 5.11. The second-order valence-electron chi connectivity index (χ2n) is 1.94. The SMILES string of the molecule is OC1=CCCCC1.[Li]. The predicted molar refractivity (Wildman–Crippen MR) is 34.9 cm³/mol. The summed E-state index contributed by atoms with van der Waals surface area (Å²) >= 11 is 0. The summed E-state index contributed by atoms with van der Waals surface area (Å²) in [5, 5.41) is 8.77. The Labute approximate surface area is 62.0 Å². The molecule has 0 aromatic carbocycles. The van der Waals surface area contributed by atoms with Gasteiger partial charge in [-0.3, -0.25) is 0 Å². The van der Waals surface area contributed by atoms with Gasteiger partial charge >= 0.3 is 0 Å². The first-order valence-corrected chi connectivity index (χ1v) is 2.77. The third-order valence-electron chi connectivity index (χ3n) is 1.27. The number of hydrogen-bond acceptors (Lipinski definition) is 1. The van der Waals surface area contributed by atoms with Crippen molar-refractivity contribution >= 4 is 18.9 Å². The predicted octanol–water partition coefficient (Wildman–Crippen LogP) is 1.62. The zero-order valence-electron chi connectivity index (χ0n) is 5.35. The summed E-state index contributed by atoms with van der Waals surface area (Å²) in [6.45, 7) is 0. The Kier molecular flexibility index (Phi) is 4.13. The molecule has 0 atom stereocenters. The van der Waals surface area contributed by atoms with Gasteiger partial charge in [0.05, 0.1) is 5.76 Å². The van der Waals surface area contributed by atoms with E-state index in [0.717, 1.165) is 12.8 Å². The minimum absolute atomic E-state index is 0. The van der Waals surface area contributed by atoms with E-state index < -0.39 is 0 Å². The van der Waals surface area contributed by atoms with Gasteiger partial charge in [-0.2, -0.15) is 0 Å². The number of aliphatic hydroxyl groups excluding tert-OH is 1. The Balaban J connectivity index is 0.000000490. The fraction of sp³-hybridized carbons (Fsp3) is 0.667. The van der Waals surface area contributed by atoms with Gasteiger partial charge < -0.3 is 5.11 Å². The quantitative estimate of drug-likeness (QED) is 0.464. The molecule has 8 heavy (non-hydrogen) atoms. The van der Waals surface area contributed by atoms with Crippen molar-refractivity contribution in [1.29, 1.82) is 0 Å². The molecule has 1 rings (SSSR count). The first-order valence-electron chi connectivity index (χ1n) is 2.77. The van der Waals surface area contributed by atoms with Crippen LogP contribution >= 0.6 is 0 Å². The van der Waals surface area contributed by atoms with Gasteiger partial charge in [0.25, 0.3) is 0 Å². The molecule has 0 spiro atoms. The van der Waals surface area contributed by atoms with Gasteiger partial charge in [-0.15, -0.1) is 0 Å². The van der Waals surface area contributed by atoms with E-state index in [0.29, 0.717) is 5.76 Å². The maximum atomic E-state index is 8.77. The van der Waals surface area contributed by atoms with Crippen molar-refractivity contribution < 1.29 is 5.11 Å². The summed E-state index contributed by atoms with van der Waals surface area (Å²) in [6.07, 6.45) is 6.31. The molecular weight excluding hydrogens is 95.0 g/mol. The molecular formula is C6H10LiO. The van der Waals surface area contributed by atoms with Gasteiger partial charge in [-0.25, -0.2) is 0 Å². The molecule has 1 radical (unpaired) electrons. The molecule has 0 unspecified atom stereocenters. The molecule has 0 aromatic heterocycles. The standard InChI is InChI=1S/C6H10O.Li/c7-6-4-2-1-3-5-6;/h4,7H,1-3,5H2;. The Morgan fingerprint density at radius 3 is 2.38 bits per heavy atom. The van der Waals surface area contributed by atoms with E-state index in [1.54, 1.807) is 0 Å². The third kappa shape index (κ3) is 2.45. The van der Waals surface area contributed by atoms with Crippen molar-refractivity contribution in [3.63, 3.8) is 0 Å². The van der Waals surface area contributed by atoms with Crippen LogP contribution in [-0.2, 0) is 0 Å². The van der Waals surface area contributed by atoms with Gasteiger partial charge in [0, 0.05) is 25.3 Å². The largest absolute Gasteiger partial charge is 0.513 e. The molecule has 0 saturated heterocycles. The minimum atomic E-state index is 0. The van der Waals surface area contributed by atoms with E-state index in [-0.39, 0.29) is 18.9 Å². The molecule has 2 heteroatoms. The molecule has 0 saturated carbocycles. The number of rotatable bonds is 0. The maximum absolute atomic E-state index is 8.77. The molecule has 0 aromatic rings. The van der Waals surface area contributed by atoms with E-state index in [2.05, 4.69) is 0 Å². The topological polar surface area (TPSA) is 20.2 Å². The van der Waals surface area contributed by atoms with Gasteiger partial charge in [-0.05, 0) is 25.3 Å². The van der Waals surface area contributed by atoms with E-state index >= 15 is 0 Å². The maximum Gasteiger partial charge on any atom is 0.0882 e. The third-order valence-corrected chi connectivity index (χ3v) is 1.27. The second kappa shape index (κ2) is 4.06. The first kappa shape index (κ1) is 8.14. The summed E-state index contributed by atoms with van der Waals surface area (Å²) in [5.41, 5.74) is 0. The molecule has 1 aliphatic carbocycles. The van der Waals surface area contributed by atoms with E-state index in [1.165, 1.54) is 12.8 Å². The molecule has 0 amide bonds. The summed E-state index contributed by atoms with van der Waals surface area (Å²) < 4.78 is 0. The molecule has 41 valence electrons. The van der Waals surface area contributed by atoms with Crippen LogP contribution in [0.3, 0.4) is 0 Å².